The summed E-state index contributed by atoms with van der Waals surface area (Å²) in [6.07, 6.45) is 0.965. The van der Waals surface area contributed by atoms with Crippen molar-refractivity contribution < 1.29 is 0 Å². The molecule has 0 radical (unpaired) electrons. The van der Waals surface area contributed by atoms with Crippen LogP contribution in [0.2, 0.25) is 5.02 Å². The molecule has 20 heavy (non-hydrogen) atoms. The summed E-state index contributed by atoms with van der Waals surface area (Å²) in [5.41, 5.74) is 4.35. The van der Waals surface area contributed by atoms with E-state index in [1.54, 1.807) is 0 Å². The van der Waals surface area contributed by atoms with Crippen molar-refractivity contribution in [3.63, 3.8) is 0 Å². The van der Waals surface area contributed by atoms with Crippen molar-refractivity contribution in [2.75, 3.05) is 13.1 Å². The fourth-order valence-corrected chi connectivity index (χ4v) is 2.35. The zero-order chi connectivity index (χ0) is 14.5. The van der Waals surface area contributed by atoms with Crippen molar-refractivity contribution in [1.29, 1.82) is 0 Å². The van der Waals surface area contributed by atoms with E-state index in [1.165, 1.54) is 5.56 Å². The zero-order valence-electron chi connectivity index (χ0n) is 12.2. The molecule has 1 aromatic heterocycles. The van der Waals surface area contributed by atoms with Crippen molar-refractivity contribution in [1.82, 2.24) is 15.3 Å². The van der Waals surface area contributed by atoms with Crippen molar-refractivity contribution >= 4 is 11.6 Å². The Kier molecular flexibility index (Phi) is 5.10. The van der Waals surface area contributed by atoms with Gasteiger partial charge in [0.2, 0.25) is 0 Å². The van der Waals surface area contributed by atoms with Crippen LogP contribution >= 0.6 is 11.6 Å². The zero-order valence-corrected chi connectivity index (χ0v) is 13.0. The summed E-state index contributed by atoms with van der Waals surface area (Å²) < 4.78 is 0. The van der Waals surface area contributed by atoms with Gasteiger partial charge in [0, 0.05) is 22.0 Å². The molecule has 4 heteroatoms. The Hall–Kier alpha value is -1.45. The van der Waals surface area contributed by atoms with Crippen LogP contribution in [0.15, 0.2) is 24.3 Å². The molecular weight excluding hydrogens is 270 g/mol. The van der Waals surface area contributed by atoms with E-state index in [9.17, 15) is 0 Å². The Bertz CT molecular complexity index is 556. The molecule has 0 bridgehead atoms. The number of halogens is 1. The molecule has 0 spiro atoms. The molecular formula is C16H20ClN3. The first kappa shape index (κ1) is 14.9. The number of aromatic nitrogens is 2. The van der Waals surface area contributed by atoms with Gasteiger partial charge >= 0.3 is 0 Å². The van der Waals surface area contributed by atoms with Crippen LogP contribution in [-0.2, 0) is 6.42 Å². The standard InChI is InChI=1S/C16H20ClN3/c1-4-18-10-9-15-11(2)19-16(20-12(15)3)13-5-7-14(17)8-6-13/h5-8,18H,4,9-10H2,1-3H3. The van der Waals surface area contributed by atoms with Gasteiger partial charge in [-0.1, -0.05) is 18.5 Å². The molecule has 0 saturated heterocycles. The highest BCUT2D eigenvalue weighted by molar-refractivity contribution is 6.30. The Morgan fingerprint density at radius 2 is 1.65 bits per heavy atom. The lowest BCUT2D eigenvalue weighted by Gasteiger charge is -2.11. The average Bonchev–Trinajstić information content (AvgIpc) is 2.42. The van der Waals surface area contributed by atoms with E-state index in [0.29, 0.717) is 0 Å². The largest absolute Gasteiger partial charge is 0.317 e. The highest BCUT2D eigenvalue weighted by atomic mass is 35.5. The summed E-state index contributed by atoms with van der Waals surface area (Å²) in [5, 5.41) is 4.06. The molecule has 0 amide bonds. The van der Waals surface area contributed by atoms with E-state index in [-0.39, 0.29) is 0 Å². The maximum atomic E-state index is 5.91. The van der Waals surface area contributed by atoms with Gasteiger partial charge in [-0.2, -0.15) is 0 Å². The summed E-state index contributed by atoms with van der Waals surface area (Å²) in [6.45, 7) is 8.16. The molecule has 2 aromatic rings. The second-order valence-corrected chi connectivity index (χ2v) is 5.24. The number of benzene rings is 1. The second kappa shape index (κ2) is 6.82. The maximum Gasteiger partial charge on any atom is 0.159 e. The second-order valence-electron chi connectivity index (χ2n) is 4.81. The summed E-state index contributed by atoms with van der Waals surface area (Å²) in [7, 11) is 0. The van der Waals surface area contributed by atoms with E-state index in [2.05, 4.69) is 36.1 Å². The van der Waals surface area contributed by atoms with Gasteiger partial charge in [0.15, 0.2) is 5.82 Å². The lowest BCUT2D eigenvalue weighted by molar-refractivity contribution is 0.708. The third kappa shape index (κ3) is 3.56. The van der Waals surface area contributed by atoms with E-state index in [4.69, 9.17) is 11.6 Å². The molecule has 3 nitrogen and oxygen atoms in total. The SMILES string of the molecule is CCNCCc1c(C)nc(-c2ccc(Cl)cc2)nc1C. The van der Waals surface area contributed by atoms with Crippen molar-refractivity contribution in [2.24, 2.45) is 0 Å². The molecule has 0 unspecified atom stereocenters. The molecule has 0 aliphatic heterocycles. The Morgan fingerprint density at radius 1 is 1.05 bits per heavy atom. The number of aryl methyl sites for hydroxylation is 2. The van der Waals surface area contributed by atoms with Crippen LogP contribution in [0.5, 0.6) is 0 Å². The van der Waals surface area contributed by atoms with Crippen LogP contribution in [0.3, 0.4) is 0 Å². The number of likely N-dealkylation sites (N-methyl/N-ethyl adjacent to an activating group) is 1. The van der Waals surface area contributed by atoms with E-state index in [0.717, 1.165) is 47.3 Å². The average molecular weight is 290 g/mol. The van der Waals surface area contributed by atoms with Crippen LogP contribution < -0.4 is 5.32 Å². The predicted octanol–water partition coefficient (Wildman–Crippen LogP) is 3.57. The molecule has 0 atom stereocenters. The summed E-state index contributed by atoms with van der Waals surface area (Å²) in [5.74, 6) is 0.767. The van der Waals surface area contributed by atoms with Gasteiger partial charge in [-0.25, -0.2) is 9.97 Å². The molecule has 0 aliphatic carbocycles. The lowest BCUT2D eigenvalue weighted by Crippen LogP contribution is -2.17. The van der Waals surface area contributed by atoms with Gasteiger partial charge in [0.25, 0.3) is 0 Å². The van der Waals surface area contributed by atoms with Crippen LogP contribution in [0.1, 0.15) is 23.9 Å². The van der Waals surface area contributed by atoms with Crippen LogP contribution in [-0.4, -0.2) is 23.1 Å². The van der Waals surface area contributed by atoms with Crippen molar-refractivity contribution in [3.8, 4) is 11.4 Å². The normalized spacial score (nSPS) is 10.8. The summed E-state index contributed by atoms with van der Waals surface area (Å²) >= 11 is 5.91. The van der Waals surface area contributed by atoms with E-state index in [1.807, 2.05) is 24.3 Å². The molecule has 0 aliphatic rings. The monoisotopic (exact) mass is 289 g/mol. The first-order valence-electron chi connectivity index (χ1n) is 6.92. The first-order chi connectivity index (χ1) is 9.61. The van der Waals surface area contributed by atoms with Gasteiger partial charge < -0.3 is 5.32 Å². The highest BCUT2D eigenvalue weighted by Crippen LogP contribution is 2.21. The number of rotatable bonds is 5. The topological polar surface area (TPSA) is 37.8 Å². The van der Waals surface area contributed by atoms with Gasteiger partial charge in [-0.15, -0.1) is 0 Å². The third-order valence-corrected chi connectivity index (χ3v) is 3.58. The highest BCUT2D eigenvalue weighted by Gasteiger charge is 2.09. The number of nitrogens with zero attached hydrogens (tertiary/aromatic N) is 2. The smallest absolute Gasteiger partial charge is 0.159 e. The minimum Gasteiger partial charge on any atom is -0.317 e. The Labute approximate surface area is 125 Å². The van der Waals surface area contributed by atoms with Crippen LogP contribution in [0.25, 0.3) is 11.4 Å². The third-order valence-electron chi connectivity index (χ3n) is 3.32. The van der Waals surface area contributed by atoms with Gasteiger partial charge in [0.1, 0.15) is 0 Å². The number of hydrogen-bond donors (Lipinski definition) is 1. The van der Waals surface area contributed by atoms with Gasteiger partial charge in [-0.3, -0.25) is 0 Å². The predicted molar refractivity (Wildman–Crippen MR) is 84.2 cm³/mol. The first-order valence-corrected chi connectivity index (χ1v) is 7.30. The molecule has 1 aromatic carbocycles. The Balaban J connectivity index is 2.27. The fraction of sp³-hybridized carbons (Fsp3) is 0.375. The molecule has 1 N–H and O–H groups in total. The van der Waals surface area contributed by atoms with Gasteiger partial charge in [-0.05, 0) is 63.2 Å². The molecule has 106 valence electrons. The fourth-order valence-electron chi connectivity index (χ4n) is 2.22. The summed E-state index contributed by atoms with van der Waals surface area (Å²) in [6, 6.07) is 7.64. The number of hydrogen-bond acceptors (Lipinski definition) is 3. The van der Waals surface area contributed by atoms with Crippen molar-refractivity contribution in [3.05, 3.63) is 46.2 Å². The van der Waals surface area contributed by atoms with E-state index >= 15 is 0 Å². The molecule has 1 heterocycles. The minimum atomic E-state index is 0.726. The Morgan fingerprint density at radius 3 is 2.20 bits per heavy atom. The molecule has 0 fully saturated rings. The molecule has 0 saturated carbocycles. The van der Waals surface area contributed by atoms with Crippen molar-refractivity contribution in [2.45, 2.75) is 27.2 Å². The summed E-state index contributed by atoms with van der Waals surface area (Å²) in [4.78, 5) is 9.26. The molecule has 2 rings (SSSR count). The maximum absolute atomic E-state index is 5.91. The number of nitrogens with one attached hydrogen (secondary N) is 1. The van der Waals surface area contributed by atoms with E-state index < -0.39 is 0 Å². The minimum absolute atomic E-state index is 0.726. The van der Waals surface area contributed by atoms with Crippen LogP contribution in [0.4, 0.5) is 0 Å². The quantitative estimate of drug-likeness (QED) is 0.855. The van der Waals surface area contributed by atoms with Gasteiger partial charge in [0.05, 0.1) is 0 Å². The lowest BCUT2D eigenvalue weighted by atomic mass is 10.1. The van der Waals surface area contributed by atoms with Crippen LogP contribution in [0, 0.1) is 13.8 Å².